The van der Waals surface area contributed by atoms with Crippen LogP contribution in [0.2, 0.25) is 0 Å². The van der Waals surface area contributed by atoms with Gasteiger partial charge < -0.3 is 10.3 Å². The van der Waals surface area contributed by atoms with Crippen LogP contribution in [0.5, 0.6) is 0 Å². The Balaban J connectivity index is 1.77. The van der Waals surface area contributed by atoms with E-state index >= 15 is 0 Å². The molecule has 1 heterocycles. The van der Waals surface area contributed by atoms with Crippen LogP contribution in [0.4, 0.5) is 5.69 Å². The van der Waals surface area contributed by atoms with E-state index in [1.54, 1.807) is 0 Å². The van der Waals surface area contributed by atoms with Crippen LogP contribution in [-0.4, -0.2) is 9.55 Å². The number of anilines is 1. The molecule has 3 rings (SSSR count). The topological polar surface area (TPSA) is 43.8 Å². The van der Waals surface area contributed by atoms with Gasteiger partial charge in [-0.1, -0.05) is 40.2 Å². The van der Waals surface area contributed by atoms with Crippen molar-refractivity contribution in [1.82, 2.24) is 9.55 Å². The van der Waals surface area contributed by atoms with E-state index in [0.29, 0.717) is 0 Å². The molecule has 2 N–H and O–H groups in total. The van der Waals surface area contributed by atoms with Crippen molar-refractivity contribution >= 4 is 21.6 Å². The van der Waals surface area contributed by atoms with Gasteiger partial charge in [0.25, 0.3) is 0 Å². The Morgan fingerprint density at radius 2 is 1.62 bits per heavy atom. The Bertz CT molecular complexity index is 653. The van der Waals surface area contributed by atoms with Crippen LogP contribution in [-0.2, 0) is 13.0 Å². The van der Waals surface area contributed by atoms with E-state index in [0.717, 1.165) is 29.0 Å². The number of hydrogen-bond acceptors (Lipinski definition) is 2. The molecule has 0 aliphatic rings. The molecule has 106 valence electrons. The van der Waals surface area contributed by atoms with E-state index in [1.807, 2.05) is 36.7 Å². The molecule has 0 spiro atoms. The molecule has 4 heteroatoms. The fraction of sp³-hybridized carbons (Fsp3) is 0.118. The van der Waals surface area contributed by atoms with Crippen molar-refractivity contribution in [3.05, 3.63) is 82.3 Å². The van der Waals surface area contributed by atoms with E-state index in [4.69, 9.17) is 5.73 Å². The first-order valence-electron chi connectivity index (χ1n) is 6.79. The molecule has 0 aliphatic carbocycles. The Labute approximate surface area is 132 Å². The van der Waals surface area contributed by atoms with E-state index in [-0.39, 0.29) is 0 Å². The third kappa shape index (κ3) is 3.52. The maximum Gasteiger partial charge on any atom is 0.113 e. The Morgan fingerprint density at radius 1 is 0.952 bits per heavy atom. The Kier molecular flexibility index (Phi) is 4.06. The second kappa shape index (κ2) is 6.14. The van der Waals surface area contributed by atoms with Crippen LogP contribution in [0.25, 0.3) is 0 Å². The third-order valence-electron chi connectivity index (χ3n) is 3.41. The predicted molar refractivity (Wildman–Crippen MR) is 89.1 cm³/mol. The molecule has 3 nitrogen and oxygen atoms in total. The van der Waals surface area contributed by atoms with Crippen LogP contribution in [0, 0.1) is 0 Å². The molecule has 0 saturated carbocycles. The highest BCUT2D eigenvalue weighted by Gasteiger charge is 2.05. The lowest BCUT2D eigenvalue weighted by molar-refractivity contribution is 0.740. The zero-order valence-electron chi connectivity index (χ0n) is 11.5. The van der Waals surface area contributed by atoms with Crippen molar-refractivity contribution in [3.8, 4) is 0 Å². The number of halogens is 1. The summed E-state index contributed by atoms with van der Waals surface area (Å²) in [5.74, 6) is 1.06. The number of hydrogen-bond donors (Lipinski definition) is 1. The number of nitrogens with zero attached hydrogens (tertiary/aromatic N) is 2. The highest BCUT2D eigenvalue weighted by Crippen LogP contribution is 2.14. The zero-order valence-corrected chi connectivity index (χ0v) is 13.1. The smallest absolute Gasteiger partial charge is 0.113 e. The number of benzene rings is 2. The summed E-state index contributed by atoms with van der Waals surface area (Å²) in [6, 6.07) is 16.3. The molecule has 2 aromatic carbocycles. The second-order valence-corrected chi connectivity index (χ2v) is 5.93. The average Bonchev–Trinajstić information content (AvgIpc) is 2.91. The van der Waals surface area contributed by atoms with Gasteiger partial charge in [-0.2, -0.15) is 0 Å². The van der Waals surface area contributed by atoms with Crippen molar-refractivity contribution in [1.29, 1.82) is 0 Å². The van der Waals surface area contributed by atoms with Gasteiger partial charge in [-0.25, -0.2) is 4.98 Å². The SMILES string of the molecule is Nc1ccc(Cc2nccn2Cc2ccc(Br)cc2)cc1. The van der Waals surface area contributed by atoms with Gasteiger partial charge >= 0.3 is 0 Å². The lowest BCUT2D eigenvalue weighted by atomic mass is 10.1. The van der Waals surface area contributed by atoms with E-state index in [1.165, 1.54) is 11.1 Å². The highest BCUT2D eigenvalue weighted by molar-refractivity contribution is 9.10. The summed E-state index contributed by atoms with van der Waals surface area (Å²) in [6.07, 6.45) is 4.68. The molecule has 0 unspecified atom stereocenters. The van der Waals surface area contributed by atoms with Crippen molar-refractivity contribution in [2.75, 3.05) is 5.73 Å². The highest BCUT2D eigenvalue weighted by atomic mass is 79.9. The standard InChI is InChI=1S/C17H16BrN3/c18-15-5-1-14(2-6-15)12-21-10-9-20-17(21)11-13-3-7-16(19)8-4-13/h1-10H,11-12,19H2. The van der Waals surface area contributed by atoms with Crippen molar-refractivity contribution in [3.63, 3.8) is 0 Å². The number of aromatic nitrogens is 2. The monoisotopic (exact) mass is 341 g/mol. The number of nitrogen functional groups attached to an aromatic ring is 1. The molecular formula is C17H16BrN3. The molecule has 1 aromatic heterocycles. The van der Waals surface area contributed by atoms with Crippen molar-refractivity contribution < 1.29 is 0 Å². The van der Waals surface area contributed by atoms with Gasteiger partial charge in [0.2, 0.25) is 0 Å². The molecule has 0 aliphatic heterocycles. The molecule has 0 atom stereocenters. The van der Waals surface area contributed by atoms with Gasteiger partial charge in [0.05, 0.1) is 0 Å². The predicted octanol–water partition coefficient (Wildman–Crippen LogP) is 3.87. The molecular weight excluding hydrogens is 326 g/mol. The van der Waals surface area contributed by atoms with Gasteiger partial charge in [0, 0.05) is 35.5 Å². The van der Waals surface area contributed by atoms with Crippen LogP contribution in [0.1, 0.15) is 17.0 Å². The van der Waals surface area contributed by atoms with Gasteiger partial charge in [0.1, 0.15) is 5.82 Å². The fourth-order valence-electron chi connectivity index (χ4n) is 2.26. The lowest BCUT2D eigenvalue weighted by Gasteiger charge is -2.08. The summed E-state index contributed by atoms with van der Waals surface area (Å²) in [5, 5.41) is 0. The Morgan fingerprint density at radius 3 is 2.33 bits per heavy atom. The van der Waals surface area contributed by atoms with Gasteiger partial charge in [0.15, 0.2) is 0 Å². The first-order chi connectivity index (χ1) is 10.2. The van der Waals surface area contributed by atoms with Crippen LogP contribution in [0.15, 0.2) is 65.4 Å². The van der Waals surface area contributed by atoms with Gasteiger partial charge in [-0.05, 0) is 35.4 Å². The summed E-state index contributed by atoms with van der Waals surface area (Å²) in [7, 11) is 0. The van der Waals surface area contributed by atoms with Crippen molar-refractivity contribution in [2.45, 2.75) is 13.0 Å². The second-order valence-electron chi connectivity index (χ2n) is 5.02. The minimum atomic E-state index is 0.789. The quantitative estimate of drug-likeness (QED) is 0.732. The van der Waals surface area contributed by atoms with Gasteiger partial charge in [-0.3, -0.25) is 0 Å². The summed E-state index contributed by atoms with van der Waals surface area (Å²) >= 11 is 3.46. The maximum atomic E-state index is 5.72. The van der Waals surface area contributed by atoms with Crippen LogP contribution in [0.3, 0.4) is 0 Å². The summed E-state index contributed by atoms with van der Waals surface area (Å²) in [5.41, 5.74) is 8.98. The Hall–Kier alpha value is -2.07. The van der Waals surface area contributed by atoms with Gasteiger partial charge in [-0.15, -0.1) is 0 Å². The van der Waals surface area contributed by atoms with Crippen LogP contribution < -0.4 is 5.73 Å². The minimum Gasteiger partial charge on any atom is -0.399 e. The normalized spacial score (nSPS) is 10.7. The molecule has 0 radical (unpaired) electrons. The zero-order chi connectivity index (χ0) is 14.7. The summed E-state index contributed by atoms with van der Waals surface area (Å²) in [6.45, 7) is 0.831. The maximum absolute atomic E-state index is 5.72. The first-order valence-corrected chi connectivity index (χ1v) is 7.59. The average molecular weight is 342 g/mol. The fourth-order valence-corrected chi connectivity index (χ4v) is 2.52. The summed E-state index contributed by atoms with van der Waals surface area (Å²) in [4.78, 5) is 4.47. The van der Waals surface area contributed by atoms with E-state index in [9.17, 15) is 0 Å². The molecule has 21 heavy (non-hydrogen) atoms. The molecule has 0 bridgehead atoms. The number of imidazole rings is 1. The lowest BCUT2D eigenvalue weighted by Crippen LogP contribution is -2.05. The van der Waals surface area contributed by atoms with Crippen molar-refractivity contribution in [2.24, 2.45) is 0 Å². The molecule has 3 aromatic rings. The largest absolute Gasteiger partial charge is 0.399 e. The van der Waals surface area contributed by atoms with E-state index < -0.39 is 0 Å². The summed E-state index contributed by atoms with van der Waals surface area (Å²) < 4.78 is 3.28. The first kappa shape index (κ1) is 13.9. The van der Waals surface area contributed by atoms with E-state index in [2.05, 4.69) is 49.7 Å². The minimum absolute atomic E-state index is 0.789. The third-order valence-corrected chi connectivity index (χ3v) is 3.94. The molecule has 0 saturated heterocycles. The molecule has 0 amide bonds. The number of rotatable bonds is 4. The number of nitrogens with two attached hydrogens (primary N) is 1. The molecule has 0 fully saturated rings. The van der Waals surface area contributed by atoms with Crippen LogP contribution >= 0.6 is 15.9 Å².